The van der Waals surface area contributed by atoms with E-state index in [2.05, 4.69) is 0 Å². The maximum atomic E-state index is 11.7. The van der Waals surface area contributed by atoms with Crippen molar-refractivity contribution in [1.29, 1.82) is 0 Å². The van der Waals surface area contributed by atoms with Gasteiger partial charge in [-0.25, -0.2) is 4.79 Å². The second-order valence-electron chi connectivity index (χ2n) is 3.99. The molecular weight excluding hydrogens is 204 g/mol. The van der Waals surface area contributed by atoms with Gasteiger partial charge >= 0.3 is 11.9 Å². The van der Waals surface area contributed by atoms with E-state index in [1.165, 1.54) is 0 Å². The number of hydrogen-bond acceptors (Lipinski definition) is 3. The molecule has 1 fully saturated rings. The SMILES string of the molecule is CCc1ccccc1C(=O)OC(=O)C1CC1. The number of aryl methyl sites for hydroxylation is 1. The van der Waals surface area contributed by atoms with Crippen LogP contribution in [0.25, 0.3) is 0 Å². The molecule has 0 atom stereocenters. The van der Waals surface area contributed by atoms with Crippen molar-refractivity contribution in [2.45, 2.75) is 26.2 Å². The molecule has 0 aliphatic heterocycles. The molecule has 16 heavy (non-hydrogen) atoms. The third-order valence-corrected chi connectivity index (χ3v) is 2.72. The molecule has 0 unspecified atom stereocenters. The van der Waals surface area contributed by atoms with Crippen molar-refractivity contribution in [2.75, 3.05) is 0 Å². The smallest absolute Gasteiger partial charge is 0.346 e. The molecule has 3 nitrogen and oxygen atoms in total. The van der Waals surface area contributed by atoms with E-state index in [-0.39, 0.29) is 11.9 Å². The van der Waals surface area contributed by atoms with Crippen LogP contribution in [0.2, 0.25) is 0 Å². The number of carbonyl (C=O) groups excluding carboxylic acids is 2. The number of ether oxygens (including phenoxy) is 1. The quantitative estimate of drug-likeness (QED) is 0.577. The third kappa shape index (κ3) is 2.30. The van der Waals surface area contributed by atoms with Gasteiger partial charge < -0.3 is 4.74 Å². The lowest BCUT2D eigenvalue weighted by Gasteiger charge is -2.06. The Morgan fingerprint density at radius 3 is 2.62 bits per heavy atom. The van der Waals surface area contributed by atoms with Crippen molar-refractivity contribution in [1.82, 2.24) is 0 Å². The van der Waals surface area contributed by atoms with Crippen LogP contribution in [0.15, 0.2) is 24.3 Å². The summed E-state index contributed by atoms with van der Waals surface area (Å²) in [5.74, 6) is -0.942. The van der Waals surface area contributed by atoms with Crippen molar-refractivity contribution >= 4 is 11.9 Å². The Morgan fingerprint density at radius 2 is 2.00 bits per heavy atom. The number of hydrogen-bond donors (Lipinski definition) is 0. The summed E-state index contributed by atoms with van der Waals surface area (Å²) in [5.41, 5.74) is 1.41. The maximum Gasteiger partial charge on any atom is 0.346 e. The molecule has 1 saturated carbocycles. The molecule has 1 aliphatic carbocycles. The fourth-order valence-electron chi connectivity index (χ4n) is 1.58. The van der Waals surface area contributed by atoms with Crippen molar-refractivity contribution < 1.29 is 14.3 Å². The topological polar surface area (TPSA) is 43.4 Å². The minimum Gasteiger partial charge on any atom is -0.389 e. The first-order chi connectivity index (χ1) is 7.72. The van der Waals surface area contributed by atoms with Crippen molar-refractivity contribution in [2.24, 2.45) is 5.92 Å². The second-order valence-corrected chi connectivity index (χ2v) is 3.99. The predicted molar refractivity (Wildman–Crippen MR) is 59.0 cm³/mol. The van der Waals surface area contributed by atoms with Crippen LogP contribution in [-0.2, 0) is 16.0 Å². The monoisotopic (exact) mass is 218 g/mol. The molecule has 0 radical (unpaired) electrons. The van der Waals surface area contributed by atoms with Gasteiger partial charge in [0.05, 0.1) is 11.5 Å². The zero-order valence-corrected chi connectivity index (χ0v) is 9.23. The Hall–Kier alpha value is -1.64. The molecule has 0 spiro atoms. The highest BCUT2D eigenvalue weighted by Gasteiger charge is 2.33. The first-order valence-corrected chi connectivity index (χ1v) is 5.56. The van der Waals surface area contributed by atoms with E-state index in [4.69, 9.17) is 4.74 Å². The van der Waals surface area contributed by atoms with Gasteiger partial charge in [0, 0.05) is 0 Å². The molecule has 1 aromatic rings. The fraction of sp³-hybridized carbons (Fsp3) is 0.385. The summed E-state index contributed by atoms with van der Waals surface area (Å²) < 4.78 is 4.82. The van der Waals surface area contributed by atoms with Crippen molar-refractivity contribution in [3.8, 4) is 0 Å². The molecule has 0 saturated heterocycles. The fourth-order valence-corrected chi connectivity index (χ4v) is 1.58. The van der Waals surface area contributed by atoms with E-state index in [1.54, 1.807) is 12.1 Å². The number of esters is 2. The first kappa shape index (κ1) is 10.9. The summed E-state index contributed by atoms with van der Waals surface area (Å²) in [7, 11) is 0. The summed E-state index contributed by atoms with van der Waals surface area (Å²) in [5, 5.41) is 0. The minimum atomic E-state index is -0.519. The van der Waals surface area contributed by atoms with Crippen LogP contribution in [0.1, 0.15) is 35.7 Å². The average Bonchev–Trinajstić information content (AvgIpc) is 3.12. The molecule has 0 amide bonds. The van der Waals surface area contributed by atoms with Gasteiger partial charge in [-0.2, -0.15) is 0 Å². The molecular formula is C13H14O3. The Labute approximate surface area is 94.4 Å². The minimum absolute atomic E-state index is 0.0438. The zero-order valence-electron chi connectivity index (χ0n) is 9.23. The van der Waals surface area contributed by atoms with Gasteiger partial charge in [0.25, 0.3) is 0 Å². The van der Waals surface area contributed by atoms with Crippen LogP contribution in [0, 0.1) is 5.92 Å². The average molecular weight is 218 g/mol. The normalized spacial score (nSPS) is 14.6. The summed E-state index contributed by atoms with van der Waals surface area (Å²) in [6, 6.07) is 7.22. The summed E-state index contributed by atoms with van der Waals surface area (Å²) in [4.78, 5) is 23.1. The Balaban J connectivity index is 2.10. The van der Waals surface area contributed by atoms with E-state index in [0.717, 1.165) is 24.8 Å². The van der Waals surface area contributed by atoms with E-state index in [9.17, 15) is 9.59 Å². The summed E-state index contributed by atoms with van der Waals surface area (Å²) in [6.07, 6.45) is 2.45. The first-order valence-electron chi connectivity index (χ1n) is 5.56. The largest absolute Gasteiger partial charge is 0.389 e. The van der Waals surface area contributed by atoms with E-state index in [1.807, 2.05) is 19.1 Å². The van der Waals surface area contributed by atoms with Crippen LogP contribution < -0.4 is 0 Å². The molecule has 0 N–H and O–H groups in total. The summed E-state index contributed by atoms with van der Waals surface area (Å²) >= 11 is 0. The molecule has 84 valence electrons. The van der Waals surface area contributed by atoms with Crippen LogP contribution in [0.5, 0.6) is 0 Å². The van der Waals surface area contributed by atoms with Gasteiger partial charge in [0.1, 0.15) is 0 Å². The molecule has 1 aliphatic rings. The predicted octanol–water partition coefficient (Wildman–Crippen LogP) is 2.34. The van der Waals surface area contributed by atoms with Crippen LogP contribution >= 0.6 is 0 Å². The van der Waals surface area contributed by atoms with E-state index >= 15 is 0 Å². The van der Waals surface area contributed by atoms with Gasteiger partial charge in [-0.3, -0.25) is 4.79 Å². The van der Waals surface area contributed by atoms with Gasteiger partial charge in [0.15, 0.2) is 0 Å². The maximum absolute atomic E-state index is 11.7. The highest BCUT2D eigenvalue weighted by atomic mass is 16.6. The molecule has 1 aromatic carbocycles. The molecule has 0 aromatic heterocycles. The van der Waals surface area contributed by atoms with E-state index in [0.29, 0.717) is 5.56 Å². The van der Waals surface area contributed by atoms with Gasteiger partial charge in [-0.1, -0.05) is 25.1 Å². The summed E-state index contributed by atoms with van der Waals surface area (Å²) in [6.45, 7) is 1.97. The molecule has 0 heterocycles. The van der Waals surface area contributed by atoms with Gasteiger partial charge in [-0.15, -0.1) is 0 Å². The Bertz CT molecular complexity index is 419. The van der Waals surface area contributed by atoms with Crippen molar-refractivity contribution in [3.63, 3.8) is 0 Å². The standard InChI is InChI=1S/C13H14O3/c1-2-9-5-3-4-6-11(9)13(15)16-12(14)10-7-8-10/h3-6,10H,2,7-8H2,1H3. The molecule has 3 heteroatoms. The Morgan fingerprint density at radius 1 is 1.31 bits per heavy atom. The highest BCUT2D eigenvalue weighted by Crippen LogP contribution is 2.30. The zero-order chi connectivity index (χ0) is 11.5. The third-order valence-electron chi connectivity index (χ3n) is 2.72. The lowest BCUT2D eigenvalue weighted by Crippen LogP contribution is -2.15. The number of carbonyl (C=O) groups is 2. The second kappa shape index (κ2) is 4.47. The lowest BCUT2D eigenvalue weighted by molar-refractivity contribution is -0.139. The van der Waals surface area contributed by atoms with Crippen LogP contribution in [0.3, 0.4) is 0 Å². The van der Waals surface area contributed by atoms with Gasteiger partial charge in [0.2, 0.25) is 0 Å². The van der Waals surface area contributed by atoms with Crippen molar-refractivity contribution in [3.05, 3.63) is 35.4 Å². The highest BCUT2D eigenvalue weighted by molar-refractivity contribution is 5.98. The molecule has 2 rings (SSSR count). The molecule has 0 bridgehead atoms. The van der Waals surface area contributed by atoms with E-state index < -0.39 is 5.97 Å². The number of benzene rings is 1. The van der Waals surface area contributed by atoms with Crippen LogP contribution in [0.4, 0.5) is 0 Å². The van der Waals surface area contributed by atoms with Crippen LogP contribution in [-0.4, -0.2) is 11.9 Å². The number of rotatable bonds is 3. The van der Waals surface area contributed by atoms with Gasteiger partial charge in [-0.05, 0) is 30.9 Å². The lowest BCUT2D eigenvalue weighted by atomic mass is 10.1. The Kier molecular flexibility index (Phi) is 3.04.